The van der Waals surface area contributed by atoms with Gasteiger partial charge in [0.05, 0.1) is 4.90 Å². The molecule has 0 bridgehead atoms. The minimum absolute atomic E-state index is 0.0574. The molecule has 1 fully saturated rings. The Balaban J connectivity index is 1.50. The Kier molecular flexibility index (Phi) is 7.41. The predicted octanol–water partition coefficient (Wildman–Crippen LogP) is 6.23. The number of carbonyl (C=O) groups is 1. The monoisotopic (exact) mass is 488 g/mol. The summed E-state index contributed by atoms with van der Waals surface area (Å²) in [6.45, 7) is 5.66. The highest BCUT2D eigenvalue weighted by molar-refractivity contribution is 7.90. The summed E-state index contributed by atoms with van der Waals surface area (Å²) in [5.41, 5.74) is 6.74. The fourth-order valence-corrected chi connectivity index (χ4v) is 5.56. The molecule has 1 aliphatic carbocycles. The average Bonchev–Trinajstić information content (AvgIpc) is 3.35. The number of aryl methyl sites for hydroxylation is 2. The molecule has 2 N–H and O–H groups in total. The van der Waals surface area contributed by atoms with Crippen molar-refractivity contribution in [2.24, 2.45) is 0 Å². The Morgan fingerprint density at radius 2 is 1.57 bits per heavy atom. The molecule has 0 atom stereocenters. The van der Waals surface area contributed by atoms with Gasteiger partial charge in [0.25, 0.3) is 15.9 Å². The van der Waals surface area contributed by atoms with Crippen molar-refractivity contribution in [3.63, 3.8) is 0 Å². The van der Waals surface area contributed by atoms with E-state index in [-0.39, 0.29) is 4.90 Å². The number of rotatable bonds is 7. The highest BCUT2D eigenvalue weighted by Crippen LogP contribution is 2.30. The lowest BCUT2D eigenvalue weighted by Gasteiger charge is -2.15. The van der Waals surface area contributed by atoms with E-state index in [1.165, 1.54) is 37.8 Å². The Morgan fingerprint density at radius 3 is 2.23 bits per heavy atom. The van der Waals surface area contributed by atoms with Gasteiger partial charge < -0.3 is 5.32 Å². The fourth-order valence-electron chi connectivity index (χ4n) is 4.52. The van der Waals surface area contributed by atoms with Gasteiger partial charge >= 0.3 is 0 Å². The first kappa shape index (κ1) is 24.7. The normalized spacial score (nSPS) is 14.7. The molecule has 4 rings (SSSR count). The van der Waals surface area contributed by atoms with Crippen LogP contribution in [0.4, 0.5) is 5.69 Å². The summed E-state index contributed by atoms with van der Waals surface area (Å²) in [4.78, 5) is 12.7. The molecule has 0 aliphatic heterocycles. The lowest BCUT2D eigenvalue weighted by molar-refractivity contribution is -0.115. The molecule has 3 aromatic carbocycles. The van der Waals surface area contributed by atoms with Crippen molar-refractivity contribution in [2.75, 3.05) is 5.32 Å². The molecule has 35 heavy (non-hydrogen) atoms. The summed E-state index contributed by atoms with van der Waals surface area (Å²) in [6.07, 6.45) is 6.82. The predicted molar refractivity (Wildman–Crippen MR) is 143 cm³/mol. The van der Waals surface area contributed by atoms with Crippen LogP contribution < -0.4 is 10.0 Å². The van der Waals surface area contributed by atoms with E-state index < -0.39 is 15.9 Å². The third-order valence-electron chi connectivity index (χ3n) is 6.55. The van der Waals surface area contributed by atoms with E-state index in [0.717, 1.165) is 33.5 Å². The third kappa shape index (κ3) is 6.01. The Bertz CT molecular complexity index is 1340. The van der Waals surface area contributed by atoms with Gasteiger partial charge in [-0.2, -0.15) is 0 Å². The van der Waals surface area contributed by atoms with E-state index in [2.05, 4.69) is 40.4 Å². The van der Waals surface area contributed by atoms with Crippen molar-refractivity contribution in [3.8, 4) is 11.1 Å². The highest BCUT2D eigenvalue weighted by atomic mass is 32.2. The molecule has 182 valence electrons. The van der Waals surface area contributed by atoms with Crippen LogP contribution >= 0.6 is 0 Å². The zero-order valence-corrected chi connectivity index (χ0v) is 21.3. The maximum Gasteiger partial charge on any atom is 0.264 e. The topological polar surface area (TPSA) is 75.3 Å². The third-order valence-corrected chi connectivity index (χ3v) is 7.89. The van der Waals surface area contributed by atoms with Crippen LogP contribution in [-0.4, -0.2) is 20.4 Å². The first-order chi connectivity index (χ1) is 16.7. The maximum absolute atomic E-state index is 12.6. The number of benzene rings is 3. The first-order valence-corrected chi connectivity index (χ1v) is 13.5. The van der Waals surface area contributed by atoms with Gasteiger partial charge in [0.15, 0.2) is 0 Å². The Morgan fingerprint density at radius 1 is 0.914 bits per heavy atom. The van der Waals surface area contributed by atoms with Gasteiger partial charge in [-0.25, -0.2) is 13.1 Å². The number of hydrogen-bond donors (Lipinski definition) is 2. The summed E-state index contributed by atoms with van der Waals surface area (Å²) in [5.74, 6) is -0.639. The van der Waals surface area contributed by atoms with Crippen molar-refractivity contribution in [1.29, 1.82) is 0 Å². The van der Waals surface area contributed by atoms with E-state index in [4.69, 9.17) is 0 Å². The van der Waals surface area contributed by atoms with Crippen LogP contribution in [0, 0.1) is 13.8 Å². The van der Waals surface area contributed by atoms with Gasteiger partial charge in [0.1, 0.15) is 0 Å². The average molecular weight is 489 g/mol. The molecule has 0 unspecified atom stereocenters. The number of amides is 1. The largest absolute Gasteiger partial charge is 0.382 e. The summed E-state index contributed by atoms with van der Waals surface area (Å²) in [5, 5.41) is 3.62. The number of nitrogens with one attached hydrogen (secondary N) is 2. The second-order valence-electron chi connectivity index (χ2n) is 9.30. The fraction of sp³-hybridized carbons (Fsp3) is 0.276. The SMILES string of the molecule is C/C(=C\c1cc(C)c(-c2ccc(NC3CCCC3)cc2)cc1C)C(=O)NS(=O)(=O)c1ccccc1. The van der Waals surface area contributed by atoms with Crippen LogP contribution in [-0.2, 0) is 14.8 Å². The Hall–Kier alpha value is -3.38. The Labute approximate surface area is 208 Å². The summed E-state index contributed by atoms with van der Waals surface area (Å²) >= 11 is 0. The minimum Gasteiger partial charge on any atom is -0.382 e. The molecular formula is C29H32N2O3S. The van der Waals surface area contributed by atoms with Crippen LogP contribution in [0.15, 0.2) is 77.2 Å². The molecule has 1 aliphatic rings. The maximum atomic E-state index is 12.6. The van der Waals surface area contributed by atoms with Gasteiger partial charge in [0.2, 0.25) is 0 Å². The molecule has 0 aromatic heterocycles. The highest BCUT2D eigenvalue weighted by Gasteiger charge is 2.18. The first-order valence-electron chi connectivity index (χ1n) is 12.0. The van der Waals surface area contributed by atoms with E-state index in [1.807, 2.05) is 19.9 Å². The van der Waals surface area contributed by atoms with Gasteiger partial charge in [-0.15, -0.1) is 0 Å². The van der Waals surface area contributed by atoms with Crippen molar-refractivity contribution < 1.29 is 13.2 Å². The smallest absolute Gasteiger partial charge is 0.264 e. The van der Waals surface area contributed by atoms with Crippen molar-refractivity contribution in [3.05, 3.63) is 89.0 Å². The second-order valence-corrected chi connectivity index (χ2v) is 11.0. The van der Waals surface area contributed by atoms with Crippen molar-refractivity contribution in [1.82, 2.24) is 4.72 Å². The van der Waals surface area contributed by atoms with Crippen molar-refractivity contribution in [2.45, 2.75) is 57.4 Å². The molecule has 3 aromatic rings. The number of carbonyl (C=O) groups excluding carboxylic acids is 1. The van der Waals surface area contributed by atoms with E-state index in [0.29, 0.717) is 11.6 Å². The molecule has 0 radical (unpaired) electrons. The van der Waals surface area contributed by atoms with Gasteiger partial charge in [0, 0.05) is 17.3 Å². The quantitative estimate of drug-likeness (QED) is 0.386. The van der Waals surface area contributed by atoms with Gasteiger partial charge in [-0.1, -0.05) is 55.3 Å². The molecule has 0 heterocycles. The molecule has 6 heteroatoms. The minimum atomic E-state index is -3.91. The molecule has 5 nitrogen and oxygen atoms in total. The summed E-state index contributed by atoms with van der Waals surface area (Å²) in [7, 11) is -3.91. The van der Waals surface area contributed by atoms with Crippen LogP contribution in [0.3, 0.4) is 0 Å². The van der Waals surface area contributed by atoms with Gasteiger partial charge in [-0.3, -0.25) is 4.79 Å². The van der Waals surface area contributed by atoms with E-state index in [1.54, 1.807) is 31.2 Å². The lowest BCUT2D eigenvalue weighted by atomic mass is 9.94. The zero-order valence-electron chi connectivity index (χ0n) is 20.5. The van der Waals surface area contributed by atoms with Crippen LogP contribution in [0.2, 0.25) is 0 Å². The van der Waals surface area contributed by atoms with E-state index in [9.17, 15) is 13.2 Å². The summed E-state index contributed by atoms with van der Waals surface area (Å²) in [6, 6.07) is 21.2. The number of hydrogen-bond acceptors (Lipinski definition) is 4. The molecule has 1 amide bonds. The summed E-state index contributed by atoms with van der Waals surface area (Å²) < 4.78 is 27.1. The van der Waals surface area contributed by atoms with Gasteiger partial charge in [-0.05, 0) is 91.8 Å². The number of sulfonamides is 1. The number of anilines is 1. The second kappa shape index (κ2) is 10.5. The zero-order chi connectivity index (χ0) is 25.0. The van der Waals surface area contributed by atoms with Crippen LogP contribution in [0.25, 0.3) is 17.2 Å². The molecule has 0 saturated heterocycles. The molecular weight excluding hydrogens is 456 g/mol. The standard InChI is InChI=1S/C29H32N2O3S/c1-20-19-28(23-13-15-26(16-14-23)30-25-9-7-8-10-25)21(2)17-24(20)18-22(3)29(32)31-35(33,34)27-11-5-4-6-12-27/h4-6,11-19,25,30H,7-10H2,1-3H3,(H,31,32)/b22-18+. The lowest BCUT2D eigenvalue weighted by Crippen LogP contribution is -2.31. The molecule has 0 spiro atoms. The molecule has 1 saturated carbocycles. The van der Waals surface area contributed by atoms with Crippen LogP contribution in [0.5, 0.6) is 0 Å². The van der Waals surface area contributed by atoms with E-state index >= 15 is 0 Å². The van der Waals surface area contributed by atoms with Crippen LogP contribution in [0.1, 0.15) is 49.3 Å². The van der Waals surface area contributed by atoms with Crippen molar-refractivity contribution >= 4 is 27.7 Å².